The summed E-state index contributed by atoms with van der Waals surface area (Å²) in [5.74, 6) is 0.506. The summed E-state index contributed by atoms with van der Waals surface area (Å²) < 4.78 is 23.7. The van der Waals surface area contributed by atoms with E-state index >= 15 is 0 Å². The Balaban J connectivity index is 1.78. The molecule has 3 rings (SSSR count). The quantitative estimate of drug-likeness (QED) is 0.130. The van der Waals surface area contributed by atoms with E-state index in [1.54, 1.807) is 30.6 Å². The second-order valence-electron chi connectivity index (χ2n) is 10.5. The Hall–Kier alpha value is -3.87. The van der Waals surface area contributed by atoms with Crippen LogP contribution in [0.3, 0.4) is 0 Å². The van der Waals surface area contributed by atoms with Crippen LogP contribution in [-0.2, 0) is 16.1 Å². The number of aromatic nitrogens is 1. The van der Waals surface area contributed by atoms with Crippen molar-refractivity contribution in [2.75, 3.05) is 13.4 Å². The average Bonchev–Trinajstić information content (AvgIpc) is 2.90. The zero-order valence-electron chi connectivity index (χ0n) is 23.0. The Morgan fingerprint density at radius 2 is 1.87 bits per heavy atom. The predicted molar refractivity (Wildman–Crippen MR) is 151 cm³/mol. The second-order valence-corrected chi connectivity index (χ2v) is 16.1. The van der Waals surface area contributed by atoms with E-state index in [0.717, 1.165) is 22.7 Å². The van der Waals surface area contributed by atoms with Crippen molar-refractivity contribution in [3.63, 3.8) is 0 Å². The van der Waals surface area contributed by atoms with Crippen molar-refractivity contribution in [2.45, 2.75) is 58.2 Å². The third-order valence-electron chi connectivity index (χ3n) is 5.99. The molecule has 1 N–H and O–H groups in total. The molecule has 0 saturated heterocycles. The second kappa shape index (κ2) is 14.3. The van der Waals surface area contributed by atoms with Crippen molar-refractivity contribution in [1.29, 1.82) is 5.26 Å². The van der Waals surface area contributed by atoms with E-state index in [2.05, 4.69) is 30.7 Å². The van der Waals surface area contributed by atoms with Crippen LogP contribution < -0.4 is 14.2 Å². The zero-order chi connectivity index (χ0) is 28.3. The topological polar surface area (TPSA) is 111 Å². The van der Waals surface area contributed by atoms with Gasteiger partial charge in [-0.15, -0.1) is 0 Å². The lowest BCUT2D eigenvalue weighted by molar-refractivity contribution is -0.137. The van der Waals surface area contributed by atoms with E-state index in [1.807, 2.05) is 37.3 Å². The molecule has 2 aromatic carbocycles. The Bertz CT molecular complexity index is 1270. The molecule has 9 heteroatoms. The summed E-state index contributed by atoms with van der Waals surface area (Å²) in [6.07, 6.45) is 2.89. The minimum Gasteiger partial charge on any atom is -0.489 e. The van der Waals surface area contributed by atoms with Crippen molar-refractivity contribution in [1.82, 2.24) is 4.98 Å². The largest absolute Gasteiger partial charge is 0.489 e. The number of rotatable bonds is 15. The smallest absolute Gasteiger partial charge is 0.303 e. The first-order chi connectivity index (χ1) is 18.6. The van der Waals surface area contributed by atoms with Crippen molar-refractivity contribution in [2.24, 2.45) is 0 Å². The number of hydrogen-bond acceptors (Lipinski definition) is 7. The fourth-order valence-electron chi connectivity index (χ4n) is 3.72. The molecule has 0 aliphatic carbocycles. The Morgan fingerprint density at radius 1 is 1.10 bits per heavy atom. The third-order valence-corrected chi connectivity index (χ3v) is 7.70. The molecule has 39 heavy (non-hydrogen) atoms. The SMILES string of the molecule is Cc1ccc(OCOCC[Si](C)(C)C)cc1C(CCC(=O)O)Oc1cc(OCc2cccnc2)ccc1C#N. The number of hydrogen-bond donors (Lipinski definition) is 1. The number of benzene rings is 2. The maximum atomic E-state index is 11.4. The van der Waals surface area contributed by atoms with E-state index in [4.69, 9.17) is 18.9 Å². The summed E-state index contributed by atoms with van der Waals surface area (Å²) in [6.45, 7) is 9.89. The van der Waals surface area contributed by atoms with Gasteiger partial charge in [0, 0.05) is 45.1 Å². The lowest BCUT2D eigenvalue weighted by Gasteiger charge is -2.23. The van der Waals surface area contributed by atoms with Crippen molar-refractivity contribution in [3.8, 4) is 23.3 Å². The van der Waals surface area contributed by atoms with Gasteiger partial charge in [-0.05, 0) is 60.8 Å². The zero-order valence-corrected chi connectivity index (χ0v) is 24.0. The lowest BCUT2D eigenvalue weighted by Crippen LogP contribution is -2.22. The number of nitrogens with zero attached hydrogens (tertiary/aromatic N) is 2. The summed E-state index contributed by atoms with van der Waals surface area (Å²) in [7, 11) is -1.19. The molecule has 0 saturated carbocycles. The number of nitriles is 1. The molecular weight excluding hydrogens is 512 g/mol. The van der Waals surface area contributed by atoms with Gasteiger partial charge in [0.05, 0.1) is 5.56 Å². The van der Waals surface area contributed by atoms with Gasteiger partial charge in [-0.2, -0.15) is 5.26 Å². The van der Waals surface area contributed by atoms with Crippen molar-refractivity contribution >= 4 is 14.0 Å². The number of carboxylic acid groups (broad SMARTS) is 1. The van der Waals surface area contributed by atoms with Gasteiger partial charge in [0.2, 0.25) is 0 Å². The van der Waals surface area contributed by atoms with Gasteiger partial charge >= 0.3 is 5.97 Å². The minimum atomic E-state index is -1.19. The molecule has 3 aromatic rings. The van der Waals surface area contributed by atoms with E-state index in [0.29, 0.717) is 36.0 Å². The maximum Gasteiger partial charge on any atom is 0.303 e. The van der Waals surface area contributed by atoms with Crippen LogP contribution in [0.4, 0.5) is 0 Å². The highest BCUT2D eigenvalue weighted by Gasteiger charge is 2.21. The molecule has 0 fully saturated rings. The molecule has 1 aromatic heterocycles. The van der Waals surface area contributed by atoms with Crippen LogP contribution in [0.2, 0.25) is 25.7 Å². The Morgan fingerprint density at radius 3 is 2.56 bits per heavy atom. The fourth-order valence-corrected chi connectivity index (χ4v) is 4.48. The summed E-state index contributed by atoms with van der Waals surface area (Å²) in [5.41, 5.74) is 2.92. The van der Waals surface area contributed by atoms with Crippen molar-refractivity contribution in [3.05, 3.63) is 83.2 Å². The first kappa shape index (κ1) is 29.7. The standard InChI is InChI=1S/C30H36N2O6Si/c1-22-7-9-25(37-21-35-14-15-39(2,3)4)16-27(22)28(11-12-30(33)34)38-29-17-26(10-8-24(29)18-31)36-20-23-6-5-13-32-19-23/h5-10,13,16-17,19,28H,11-12,14-15,20-21H2,1-4H3,(H,33,34). The molecule has 0 radical (unpaired) electrons. The molecular formula is C30H36N2O6Si. The third kappa shape index (κ3) is 10.1. The van der Waals surface area contributed by atoms with Crippen LogP contribution in [-0.4, -0.2) is 37.5 Å². The molecule has 0 spiro atoms. The van der Waals surface area contributed by atoms with Gasteiger partial charge < -0.3 is 24.1 Å². The Labute approximate surface area is 231 Å². The van der Waals surface area contributed by atoms with E-state index in [9.17, 15) is 15.2 Å². The number of aliphatic carboxylic acids is 1. The number of carbonyl (C=O) groups is 1. The van der Waals surface area contributed by atoms with Gasteiger partial charge in [-0.1, -0.05) is 31.8 Å². The molecule has 1 unspecified atom stereocenters. The number of ether oxygens (including phenoxy) is 4. The van der Waals surface area contributed by atoms with Gasteiger partial charge in [-0.25, -0.2) is 0 Å². The summed E-state index contributed by atoms with van der Waals surface area (Å²) in [5, 5.41) is 19.1. The first-order valence-electron chi connectivity index (χ1n) is 12.9. The van der Waals surface area contributed by atoms with Gasteiger partial charge in [-0.3, -0.25) is 9.78 Å². The molecule has 206 valence electrons. The molecule has 1 atom stereocenters. The molecule has 1 heterocycles. The number of pyridine rings is 1. The first-order valence-corrected chi connectivity index (χ1v) is 16.6. The monoisotopic (exact) mass is 548 g/mol. The van der Waals surface area contributed by atoms with Crippen LogP contribution in [0, 0.1) is 18.3 Å². The molecule has 0 aliphatic rings. The molecule has 0 amide bonds. The van der Waals surface area contributed by atoms with E-state index in [-0.39, 0.29) is 19.6 Å². The van der Waals surface area contributed by atoms with Crippen molar-refractivity contribution < 1.29 is 28.8 Å². The summed E-state index contributed by atoms with van der Waals surface area (Å²) >= 11 is 0. The number of aryl methyl sites for hydroxylation is 1. The van der Waals surface area contributed by atoms with Crippen LogP contribution in [0.25, 0.3) is 0 Å². The summed E-state index contributed by atoms with van der Waals surface area (Å²) in [6, 6.07) is 17.5. The highest BCUT2D eigenvalue weighted by molar-refractivity contribution is 6.76. The van der Waals surface area contributed by atoms with E-state index < -0.39 is 20.1 Å². The minimum absolute atomic E-state index is 0.103. The normalized spacial score (nSPS) is 11.9. The highest BCUT2D eigenvalue weighted by Crippen LogP contribution is 2.34. The number of carboxylic acids is 1. The highest BCUT2D eigenvalue weighted by atomic mass is 28.3. The predicted octanol–water partition coefficient (Wildman–Crippen LogP) is 6.52. The van der Waals surface area contributed by atoms with Crippen LogP contribution in [0.15, 0.2) is 60.9 Å². The molecule has 0 bridgehead atoms. The van der Waals surface area contributed by atoms with E-state index in [1.165, 1.54) is 0 Å². The van der Waals surface area contributed by atoms with Crippen LogP contribution in [0.5, 0.6) is 17.2 Å². The summed E-state index contributed by atoms with van der Waals surface area (Å²) in [4.78, 5) is 15.5. The average molecular weight is 549 g/mol. The Kier molecular flexibility index (Phi) is 10.9. The van der Waals surface area contributed by atoms with Gasteiger partial charge in [0.25, 0.3) is 0 Å². The maximum absolute atomic E-state index is 11.4. The van der Waals surface area contributed by atoms with Gasteiger partial charge in [0.15, 0.2) is 6.79 Å². The van der Waals surface area contributed by atoms with Crippen LogP contribution in [0.1, 0.15) is 41.2 Å². The molecule has 0 aliphatic heterocycles. The van der Waals surface area contributed by atoms with Gasteiger partial charge in [0.1, 0.15) is 36.0 Å². The molecule has 8 nitrogen and oxygen atoms in total. The fraction of sp³-hybridized carbons (Fsp3) is 0.367. The van der Waals surface area contributed by atoms with Crippen LogP contribution >= 0.6 is 0 Å². The lowest BCUT2D eigenvalue weighted by atomic mass is 9.99.